The van der Waals surface area contributed by atoms with Crippen molar-refractivity contribution in [1.29, 1.82) is 0 Å². The fraction of sp³-hybridized carbons (Fsp3) is 0. The number of hydrogen-bond acceptors (Lipinski definition) is 0. The predicted octanol–water partition coefficient (Wildman–Crippen LogP) is 13.5. The summed E-state index contributed by atoms with van der Waals surface area (Å²) in [6.07, 6.45) is 0. The molecule has 0 unspecified atom stereocenters. The van der Waals surface area contributed by atoms with E-state index in [1.807, 2.05) is 0 Å². The molecule has 0 bridgehead atoms. The Kier molecular flexibility index (Phi) is 6.91. The van der Waals surface area contributed by atoms with Crippen molar-refractivity contribution in [2.45, 2.75) is 0 Å². The molecule has 0 aliphatic carbocycles. The van der Waals surface area contributed by atoms with Gasteiger partial charge in [0, 0.05) is 0 Å². The molecule has 9 aromatic rings. The molecule has 0 atom stereocenters. The highest BCUT2D eigenvalue weighted by Crippen LogP contribution is 2.46. The first-order valence-electron chi connectivity index (χ1n) is 16.6. The number of fused-ring (bicyclic) bond motifs is 3. The fourth-order valence-corrected chi connectivity index (χ4v) is 7.47. The van der Waals surface area contributed by atoms with Crippen LogP contribution >= 0.6 is 0 Å². The van der Waals surface area contributed by atoms with Crippen LogP contribution in [-0.4, -0.2) is 0 Å². The van der Waals surface area contributed by atoms with Gasteiger partial charge in [0.15, 0.2) is 0 Å². The minimum absolute atomic E-state index is 1.22. The minimum atomic E-state index is 1.22. The summed E-state index contributed by atoms with van der Waals surface area (Å²) < 4.78 is 0. The first-order valence-corrected chi connectivity index (χ1v) is 16.6. The molecule has 224 valence electrons. The molecule has 0 spiro atoms. The average molecular weight is 609 g/mol. The maximum absolute atomic E-state index is 2.38. The zero-order chi connectivity index (χ0) is 31.9. The van der Waals surface area contributed by atoms with Gasteiger partial charge in [0.1, 0.15) is 0 Å². The second-order valence-electron chi connectivity index (χ2n) is 12.4. The van der Waals surface area contributed by atoms with Gasteiger partial charge in [0.2, 0.25) is 0 Å². The molecule has 0 amide bonds. The van der Waals surface area contributed by atoms with Gasteiger partial charge in [0.25, 0.3) is 0 Å². The zero-order valence-electron chi connectivity index (χ0n) is 26.5. The van der Waals surface area contributed by atoms with Gasteiger partial charge in [-0.15, -0.1) is 0 Å². The first kappa shape index (κ1) is 28.0. The van der Waals surface area contributed by atoms with Crippen LogP contribution in [0.2, 0.25) is 0 Å². The normalized spacial score (nSPS) is 11.3. The van der Waals surface area contributed by atoms with Crippen molar-refractivity contribution >= 4 is 32.3 Å². The molecule has 9 rings (SSSR count). The Labute approximate surface area is 281 Å². The molecule has 0 heteroatoms. The van der Waals surface area contributed by atoms with E-state index in [0.717, 1.165) is 0 Å². The molecule has 9 aromatic carbocycles. The summed E-state index contributed by atoms with van der Waals surface area (Å²) in [6, 6.07) is 70.7. The second-order valence-corrected chi connectivity index (χ2v) is 12.4. The summed E-state index contributed by atoms with van der Waals surface area (Å²) in [5.41, 5.74) is 12.5. The highest BCUT2D eigenvalue weighted by Gasteiger charge is 2.19. The zero-order valence-corrected chi connectivity index (χ0v) is 26.5. The molecule has 0 nitrogen and oxygen atoms in total. The lowest BCUT2D eigenvalue weighted by atomic mass is 9.83. The van der Waals surface area contributed by atoms with Crippen LogP contribution in [0.15, 0.2) is 194 Å². The quantitative estimate of drug-likeness (QED) is 0.171. The van der Waals surface area contributed by atoms with Gasteiger partial charge in [0.05, 0.1) is 0 Å². The van der Waals surface area contributed by atoms with E-state index in [2.05, 4.69) is 194 Å². The maximum Gasteiger partial charge on any atom is -0.00201 e. The highest BCUT2D eigenvalue weighted by molar-refractivity contribution is 6.22. The van der Waals surface area contributed by atoms with Gasteiger partial charge >= 0.3 is 0 Å². The Balaban J connectivity index is 1.27. The van der Waals surface area contributed by atoms with Crippen molar-refractivity contribution < 1.29 is 0 Å². The lowest BCUT2D eigenvalue weighted by Crippen LogP contribution is -1.92. The smallest absolute Gasteiger partial charge is 0.00201 e. The predicted molar refractivity (Wildman–Crippen MR) is 206 cm³/mol. The summed E-state index contributed by atoms with van der Waals surface area (Å²) in [4.78, 5) is 0. The Morgan fingerprint density at radius 1 is 0.208 bits per heavy atom. The van der Waals surface area contributed by atoms with Crippen LogP contribution in [0.4, 0.5) is 0 Å². The number of hydrogen-bond donors (Lipinski definition) is 0. The summed E-state index contributed by atoms with van der Waals surface area (Å²) >= 11 is 0. The molecule has 0 aliphatic heterocycles. The van der Waals surface area contributed by atoms with Crippen molar-refractivity contribution in [3.8, 4) is 55.6 Å². The molecule has 0 fully saturated rings. The van der Waals surface area contributed by atoms with Gasteiger partial charge in [-0.2, -0.15) is 0 Å². The summed E-state index contributed by atoms with van der Waals surface area (Å²) in [5, 5.41) is 7.53. The van der Waals surface area contributed by atoms with E-state index < -0.39 is 0 Å². The topological polar surface area (TPSA) is 0 Å². The number of benzene rings is 9. The Morgan fingerprint density at radius 2 is 0.583 bits per heavy atom. The van der Waals surface area contributed by atoms with Gasteiger partial charge in [-0.1, -0.05) is 182 Å². The lowest BCUT2D eigenvalue weighted by molar-refractivity contribution is 1.59. The summed E-state index contributed by atoms with van der Waals surface area (Å²) in [5.74, 6) is 0. The van der Waals surface area contributed by atoms with Gasteiger partial charge in [-0.05, 0) is 100 Å². The molecule has 0 saturated carbocycles. The molecule has 0 saturated heterocycles. The van der Waals surface area contributed by atoms with E-state index in [4.69, 9.17) is 0 Å². The molecular formula is C48H32. The summed E-state index contributed by atoms with van der Waals surface area (Å²) in [6.45, 7) is 0. The first-order chi connectivity index (χ1) is 23.8. The molecule has 0 aliphatic rings. The van der Waals surface area contributed by atoms with Gasteiger partial charge in [-0.3, -0.25) is 0 Å². The van der Waals surface area contributed by atoms with Crippen molar-refractivity contribution in [1.82, 2.24) is 0 Å². The van der Waals surface area contributed by atoms with Crippen LogP contribution < -0.4 is 0 Å². The molecular weight excluding hydrogens is 577 g/mol. The number of rotatable bonds is 5. The third-order valence-electron chi connectivity index (χ3n) is 9.66. The Hall–Kier alpha value is -6.24. The lowest BCUT2D eigenvalue weighted by Gasteiger charge is -2.20. The third-order valence-corrected chi connectivity index (χ3v) is 9.66. The Morgan fingerprint density at radius 3 is 1.12 bits per heavy atom. The fourth-order valence-electron chi connectivity index (χ4n) is 7.47. The molecule has 0 radical (unpaired) electrons. The van der Waals surface area contributed by atoms with E-state index >= 15 is 0 Å². The van der Waals surface area contributed by atoms with Crippen LogP contribution in [0.25, 0.3) is 88.0 Å². The molecule has 0 heterocycles. The highest BCUT2D eigenvalue weighted by atomic mass is 14.2. The van der Waals surface area contributed by atoms with Crippen molar-refractivity contribution in [2.75, 3.05) is 0 Å². The van der Waals surface area contributed by atoms with Gasteiger partial charge in [-0.25, -0.2) is 0 Å². The average Bonchev–Trinajstić information content (AvgIpc) is 3.17. The SMILES string of the molecule is c1ccc(-c2ccccc2-c2ccc3ccc(-c4c5ccccc5c(-c5ccccc5-c5ccccc5)c5ccccc45)cc3c2)cc1. The van der Waals surface area contributed by atoms with E-state index in [0.29, 0.717) is 0 Å². The van der Waals surface area contributed by atoms with Crippen LogP contribution in [0.3, 0.4) is 0 Å². The summed E-state index contributed by atoms with van der Waals surface area (Å²) in [7, 11) is 0. The second kappa shape index (κ2) is 11.8. The standard InChI is InChI=1S/C48H32/c1-3-15-34(16-4-1)39-19-7-8-21-41(39)36-29-27-33-28-30-37(32-38(33)31-36)47-43-23-11-13-25-45(43)48(46-26-14-12-24-44(46)47)42-22-10-9-20-40(42)35-17-5-2-6-18-35/h1-32H. The molecule has 48 heavy (non-hydrogen) atoms. The van der Waals surface area contributed by atoms with Crippen LogP contribution in [0.5, 0.6) is 0 Å². The minimum Gasteiger partial charge on any atom is -0.0622 e. The largest absolute Gasteiger partial charge is 0.0622 e. The van der Waals surface area contributed by atoms with E-state index in [-0.39, 0.29) is 0 Å². The van der Waals surface area contributed by atoms with E-state index in [1.54, 1.807) is 0 Å². The monoisotopic (exact) mass is 608 g/mol. The maximum atomic E-state index is 2.38. The van der Waals surface area contributed by atoms with E-state index in [1.165, 1.54) is 88.0 Å². The third kappa shape index (κ3) is 4.78. The van der Waals surface area contributed by atoms with E-state index in [9.17, 15) is 0 Å². The van der Waals surface area contributed by atoms with Gasteiger partial charge < -0.3 is 0 Å². The Bertz CT molecular complexity index is 2540. The molecule has 0 N–H and O–H groups in total. The van der Waals surface area contributed by atoms with Crippen molar-refractivity contribution in [3.63, 3.8) is 0 Å². The molecule has 0 aromatic heterocycles. The van der Waals surface area contributed by atoms with Crippen LogP contribution in [0.1, 0.15) is 0 Å². The van der Waals surface area contributed by atoms with Crippen LogP contribution in [0, 0.1) is 0 Å². The van der Waals surface area contributed by atoms with Crippen LogP contribution in [-0.2, 0) is 0 Å². The van der Waals surface area contributed by atoms with Crippen molar-refractivity contribution in [3.05, 3.63) is 194 Å². The van der Waals surface area contributed by atoms with Crippen molar-refractivity contribution in [2.24, 2.45) is 0 Å².